The molecule has 0 radical (unpaired) electrons. The fourth-order valence-electron chi connectivity index (χ4n) is 1.28. The van der Waals surface area contributed by atoms with Crippen molar-refractivity contribution in [3.8, 4) is 0 Å². The molecule has 1 rings (SSSR count). The summed E-state index contributed by atoms with van der Waals surface area (Å²) in [6.07, 6.45) is 4.60. The van der Waals surface area contributed by atoms with Crippen LogP contribution in [-0.2, 0) is 6.42 Å². The molecule has 1 aromatic rings. The maximum Gasteiger partial charge on any atom is 0.0120 e. The van der Waals surface area contributed by atoms with Crippen molar-refractivity contribution in [2.75, 3.05) is 19.1 Å². The van der Waals surface area contributed by atoms with Gasteiger partial charge in [-0.3, -0.25) is 0 Å². The van der Waals surface area contributed by atoms with Crippen LogP contribution in [0.25, 0.3) is 0 Å². The highest BCUT2D eigenvalue weighted by Crippen LogP contribution is 2.13. The SMILES string of the molecule is CNC(CCSC)Cc1cccs1. The van der Waals surface area contributed by atoms with Gasteiger partial charge in [-0.2, -0.15) is 11.8 Å². The molecule has 3 heteroatoms. The van der Waals surface area contributed by atoms with E-state index < -0.39 is 0 Å². The van der Waals surface area contributed by atoms with E-state index in [0.29, 0.717) is 6.04 Å². The van der Waals surface area contributed by atoms with Crippen LogP contribution in [-0.4, -0.2) is 25.1 Å². The molecule has 1 atom stereocenters. The van der Waals surface area contributed by atoms with Gasteiger partial charge in [0.25, 0.3) is 0 Å². The van der Waals surface area contributed by atoms with E-state index in [-0.39, 0.29) is 0 Å². The summed E-state index contributed by atoms with van der Waals surface area (Å²) in [6.45, 7) is 0. The Labute approximate surface area is 88.9 Å². The van der Waals surface area contributed by atoms with Crippen LogP contribution >= 0.6 is 23.1 Å². The molecule has 0 spiro atoms. The lowest BCUT2D eigenvalue weighted by Crippen LogP contribution is -2.27. The van der Waals surface area contributed by atoms with E-state index in [1.165, 1.54) is 23.5 Å². The summed E-state index contributed by atoms with van der Waals surface area (Å²) in [7, 11) is 2.05. The van der Waals surface area contributed by atoms with E-state index in [1.54, 1.807) is 0 Å². The second-order valence-corrected chi connectivity index (χ2v) is 5.07. The van der Waals surface area contributed by atoms with Crippen molar-refractivity contribution in [3.05, 3.63) is 22.4 Å². The Balaban J connectivity index is 2.31. The zero-order valence-electron chi connectivity index (χ0n) is 8.25. The minimum atomic E-state index is 0.645. The van der Waals surface area contributed by atoms with Crippen LogP contribution in [0.3, 0.4) is 0 Å². The number of hydrogen-bond acceptors (Lipinski definition) is 3. The summed E-state index contributed by atoms with van der Waals surface area (Å²) < 4.78 is 0. The Hall–Kier alpha value is 0.01000. The molecular formula is C10H17NS2. The maximum atomic E-state index is 3.37. The zero-order valence-corrected chi connectivity index (χ0v) is 9.88. The average Bonchev–Trinajstić information content (AvgIpc) is 2.64. The summed E-state index contributed by atoms with van der Waals surface area (Å²) in [5, 5.41) is 5.52. The van der Waals surface area contributed by atoms with Crippen molar-refractivity contribution in [2.24, 2.45) is 0 Å². The molecule has 0 aliphatic rings. The third-order valence-electron chi connectivity index (χ3n) is 2.11. The molecule has 0 aliphatic heterocycles. The second kappa shape index (κ2) is 6.46. The Kier molecular flexibility index (Phi) is 5.51. The quantitative estimate of drug-likeness (QED) is 0.783. The molecule has 0 aliphatic carbocycles. The predicted octanol–water partition coefficient (Wildman–Crippen LogP) is 2.63. The minimum absolute atomic E-state index is 0.645. The lowest BCUT2D eigenvalue weighted by Gasteiger charge is -2.13. The smallest absolute Gasteiger partial charge is 0.0120 e. The maximum absolute atomic E-state index is 3.37. The highest BCUT2D eigenvalue weighted by Gasteiger charge is 2.06. The number of thiophene rings is 1. The van der Waals surface area contributed by atoms with Crippen molar-refractivity contribution in [3.63, 3.8) is 0 Å². The van der Waals surface area contributed by atoms with Crippen LogP contribution in [0.15, 0.2) is 17.5 Å². The first-order chi connectivity index (χ1) is 6.36. The van der Waals surface area contributed by atoms with Gasteiger partial charge < -0.3 is 5.32 Å². The number of rotatable bonds is 6. The lowest BCUT2D eigenvalue weighted by atomic mass is 10.1. The number of thioether (sulfide) groups is 1. The summed E-state index contributed by atoms with van der Waals surface area (Å²) in [5.41, 5.74) is 0. The van der Waals surface area contributed by atoms with Gasteiger partial charge in [0.2, 0.25) is 0 Å². The van der Waals surface area contributed by atoms with E-state index in [0.717, 1.165) is 0 Å². The Bertz CT molecular complexity index is 209. The van der Waals surface area contributed by atoms with Crippen molar-refractivity contribution in [1.82, 2.24) is 5.32 Å². The van der Waals surface area contributed by atoms with Crippen LogP contribution in [0, 0.1) is 0 Å². The van der Waals surface area contributed by atoms with Gasteiger partial charge in [-0.1, -0.05) is 6.07 Å². The number of nitrogens with one attached hydrogen (secondary N) is 1. The predicted molar refractivity (Wildman–Crippen MR) is 63.9 cm³/mol. The first-order valence-corrected chi connectivity index (χ1v) is 6.82. The molecule has 13 heavy (non-hydrogen) atoms. The Morgan fingerprint density at radius 3 is 3.00 bits per heavy atom. The molecule has 1 heterocycles. The first-order valence-electron chi connectivity index (χ1n) is 4.55. The molecule has 1 unspecified atom stereocenters. The zero-order chi connectivity index (χ0) is 9.52. The first kappa shape index (κ1) is 11.1. The monoisotopic (exact) mass is 215 g/mol. The minimum Gasteiger partial charge on any atom is -0.317 e. The van der Waals surface area contributed by atoms with Gasteiger partial charge in [-0.05, 0) is 43.3 Å². The fraction of sp³-hybridized carbons (Fsp3) is 0.600. The molecule has 0 fully saturated rings. The third-order valence-corrected chi connectivity index (χ3v) is 3.65. The second-order valence-electron chi connectivity index (χ2n) is 3.05. The van der Waals surface area contributed by atoms with Gasteiger partial charge in [0.15, 0.2) is 0 Å². The number of hydrogen-bond donors (Lipinski definition) is 1. The standard InChI is InChI=1S/C10H17NS2/c1-11-9(5-7-12-2)8-10-4-3-6-13-10/h3-4,6,9,11H,5,7-8H2,1-2H3. The molecule has 1 N–H and O–H groups in total. The topological polar surface area (TPSA) is 12.0 Å². The molecule has 74 valence electrons. The highest BCUT2D eigenvalue weighted by molar-refractivity contribution is 7.98. The molecule has 0 saturated heterocycles. The summed E-state index contributed by atoms with van der Waals surface area (Å²) in [4.78, 5) is 1.49. The van der Waals surface area contributed by atoms with Gasteiger partial charge in [0.05, 0.1) is 0 Å². The summed E-state index contributed by atoms with van der Waals surface area (Å²) >= 11 is 3.77. The molecule has 0 saturated carbocycles. The van der Waals surface area contributed by atoms with Crippen molar-refractivity contribution in [1.29, 1.82) is 0 Å². The van der Waals surface area contributed by atoms with Crippen molar-refractivity contribution in [2.45, 2.75) is 18.9 Å². The molecule has 1 nitrogen and oxygen atoms in total. The van der Waals surface area contributed by atoms with Gasteiger partial charge in [0.1, 0.15) is 0 Å². The van der Waals surface area contributed by atoms with E-state index in [1.807, 2.05) is 23.1 Å². The van der Waals surface area contributed by atoms with Gasteiger partial charge >= 0.3 is 0 Å². The lowest BCUT2D eigenvalue weighted by molar-refractivity contribution is 0.551. The summed E-state index contributed by atoms with van der Waals surface area (Å²) in [6, 6.07) is 4.99. The molecule has 0 aromatic carbocycles. The highest BCUT2D eigenvalue weighted by atomic mass is 32.2. The molecule has 1 aromatic heterocycles. The van der Waals surface area contributed by atoms with E-state index >= 15 is 0 Å². The van der Waals surface area contributed by atoms with Crippen LogP contribution < -0.4 is 5.32 Å². The third kappa shape index (κ3) is 4.16. The van der Waals surface area contributed by atoms with E-state index in [9.17, 15) is 0 Å². The van der Waals surface area contributed by atoms with Crippen LogP contribution in [0.1, 0.15) is 11.3 Å². The fourth-order valence-corrected chi connectivity index (χ4v) is 2.59. The van der Waals surface area contributed by atoms with Gasteiger partial charge in [0, 0.05) is 10.9 Å². The Morgan fingerprint density at radius 1 is 1.62 bits per heavy atom. The largest absolute Gasteiger partial charge is 0.317 e. The van der Waals surface area contributed by atoms with Gasteiger partial charge in [-0.25, -0.2) is 0 Å². The number of likely N-dealkylation sites (N-methyl/N-ethyl adjacent to an activating group) is 1. The Morgan fingerprint density at radius 2 is 2.46 bits per heavy atom. The van der Waals surface area contributed by atoms with Crippen molar-refractivity contribution < 1.29 is 0 Å². The van der Waals surface area contributed by atoms with Crippen molar-refractivity contribution >= 4 is 23.1 Å². The van der Waals surface area contributed by atoms with E-state index in [2.05, 4.69) is 36.1 Å². The molecule has 0 bridgehead atoms. The van der Waals surface area contributed by atoms with E-state index in [4.69, 9.17) is 0 Å². The summed E-state index contributed by atoms with van der Waals surface area (Å²) in [5.74, 6) is 1.25. The van der Waals surface area contributed by atoms with Gasteiger partial charge in [-0.15, -0.1) is 11.3 Å². The average molecular weight is 215 g/mol. The van der Waals surface area contributed by atoms with Crippen LogP contribution in [0.5, 0.6) is 0 Å². The van der Waals surface area contributed by atoms with Crippen LogP contribution in [0.2, 0.25) is 0 Å². The molecular weight excluding hydrogens is 198 g/mol. The molecule has 0 amide bonds. The normalized spacial score (nSPS) is 13.1. The van der Waals surface area contributed by atoms with Crippen LogP contribution in [0.4, 0.5) is 0 Å².